The van der Waals surface area contributed by atoms with Crippen LogP contribution >= 0.6 is 0 Å². The number of hydrogen-bond donors (Lipinski definition) is 1. The van der Waals surface area contributed by atoms with E-state index in [-0.39, 0.29) is 23.7 Å². The van der Waals surface area contributed by atoms with E-state index in [1.54, 1.807) is 0 Å². The molecule has 0 aromatic heterocycles. The van der Waals surface area contributed by atoms with E-state index in [1.165, 1.54) is 0 Å². The van der Waals surface area contributed by atoms with Crippen LogP contribution in [0.2, 0.25) is 0 Å². The summed E-state index contributed by atoms with van der Waals surface area (Å²) < 4.78 is 0. The number of imide groups is 1. The molecule has 2 unspecified atom stereocenters. The highest BCUT2D eigenvalue weighted by molar-refractivity contribution is 6.04. The second-order valence-electron chi connectivity index (χ2n) is 2.88. The summed E-state index contributed by atoms with van der Waals surface area (Å²) in [6.45, 7) is 3.87. The topological polar surface area (TPSA) is 46.2 Å². The molecule has 11 heavy (non-hydrogen) atoms. The number of rotatable bonds is 2. The van der Waals surface area contributed by atoms with Gasteiger partial charge in [0.25, 0.3) is 0 Å². The number of carbonyl (C=O) groups is 2. The first kappa shape index (κ1) is 8.24. The summed E-state index contributed by atoms with van der Waals surface area (Å²) >= 11 is 0. The molecule has 0 bridgehead atoms. The monoisotopic (exact) mass is 155 g/mol. The minimum absolute atomic E-state index is 0.0764. The standard InChI is InChI=1S/C8H13NO2/c1-3-5-6(4-2)8(11)9-7(5)10/h5-6H,3-4H2,1-2H3,(H,9,10,11). The number of amides is 2. The summed E-state index contributed by atoms with van der Waals surface area (Å²) in [5.74, 6) is -0.339. The van der Waals surface area contributed by atoms with E-state index in [0.717, 1.165) is 12.8 Å². The zero-order valence-electron chi connectivity index (χ0n) is 6.89. The van der Waals surface area contributed by atoms with E-state index in [0.29, 0.717) is 0 Å². The van der Waals surface area contributed by atoms with E-state index in [9.17, 15) is 9.59 Å². The molecular formula is C8H13NO2. The molecule has 2 amide bonds. The van der Waals surface area contributed by atoms with Gasteiger partial charge in [0.05, 0.1) is 0 Å². The lowest BCUT2D eigenvalue weighted by molar-refractivity contribution is -0.126. The average Bonchev–Trinajstić information content (AvgIpc) is 2.24. The smallest absolute Gasteiger partial charge is 0.230 e. The molecule has 1 aliphatic rings. The highest BCUT2D eigenvalue weighted by Crippen LogP contribution is 2.24. The summed E-state index contributed by atoms with van der Waals surface area (Å²) in [5, 5.41) is 2.34. The molecule has 1 aliphatic heterocycles. The maximum atomic E-state index is 11.1. The first-order valence-corrected chi connectivity index (χ1v) is 4.05. The van der Waals surface area contributed by atoms with Crippen molar-refractivity contribution >= 4 is 11.8 Å². The summed E-state index contributed by atoms with van der Waals surface area (Å²) in [6, 6.07) is 0. The SMILES string of the molecule is CCC1C(=O)NC(=O)C1CC. The van der Waals surface area contributed by atoms with E-state index >= 15 is 0 Å². The Bertz CT molecular complexity index is 169. The Morgan fingerprint density at radius 1 is 1.09 bits per heavy atom. The van der Waals surface area contributed by atoms with E-state index in [2.05, 4.69) is 5.32 Å². The number of nitrogens with one attached hydrogen (secondary N) is 1. The molecule has 0 aliphatic carbocycles. The zero-order valence-corrected chi connectivity index (χ0v) is 6.89. The van der Waals surface area contributed by atoms with Crippen molar-refractivity contribution < 1.29 is 9.59 Å². The second kappa shape index (κ2) is 3.03. The lowest BCUT2D eigenvalue weighted by Gasteiger charge is -2.09. The van der Waals surface area contributed by atoms with Crippen LogP contribution < -0.4 is 5.32 Å². The maximum Gasteiger partial charge on any atom is 0.230 e. The van der Waals surface area contributed by atoms with Crippen LogP contribution in [0.4, 0.5) is 0 Å². The fourth-order valence-electron chi connectivity index (χ4n) is 1.61. The van der Waals surface area contributed by atoms with Crippen LogP contribution in [0.5, 0.6) is 0 Å². The van der Waals surface area contributed by atoms with Gasteiger partial charge in [-0.15, -0.1) is 0 Å². The molecule has 2 atom stereocenters. The van der Waals surface area contributed by atoms with Crippen molar-refractivity contribution in [1.82, 2.24) is 5.32 Å². The Hall–Kier alpha value is -0.860. The average molecular weight is 155 g/mol. The summed E-state index contributed by atoms with van der Waals surface area (Å²) in [7, 11) is 0. The van der Waals surface area contributed by atoms with Crippen LogP contribution in [0, 0.1) is 11.8 Å². The third kappa shape index (κ3) is 1.27. The molecule has 1 fully saturated rings. The van der Waals surface area contributed by atoms with Gasteiger partial charge in [0.1, 0.15) is 0 Å². The predicted molar refractivity (Wildman–Crippen MR) is 40.7 cm³/mol. The van der Waals surface area contributed by atoms with Crippen LogP contribution in [-0.2, 0) is 9.59 Å². The first-order valence-electron chi connectivity index (χ1n) is 4.05. The van der Waals surface area contributed by atoms with Gasteiger partial charge in [-0.2, -0.15) is 0 Å². The maximum absolute atomic E-state index is 11.1. The van der Waals surface area contributed by atoms with Gasteiger partial charge in [0, 0.05) is 11.8 Å². The van der Waals surface area contributed by atoms with Gasteiger partial charge in [0.2, 0.25) is 11.8 Å². The Morgan fingerprint density at radius 2 is 1.45 bits per heavy atom. The van der Waals surface area contributed by atoms with Crippen LogP contribution in [0.1, 0.15) is 26.7 Å². The van der Waals surface area contributed by atoms with Gasteiger partial charge in [-0.3, -0.25) is 14.9 Å². The Morgan fingerprint density at radius 3 is 1.73 bits per heavy atom. The highest BCUT2D eigenvalue weighted by Gasteiger charge is 2.38. The van der Waals surface area contributed by atoms with Crippen LogP contribution in [0.25, 0.3) is 0 Å². The quantitative estimate of drug-likeness (QED) is 0.596. The van der Waals surface area contributed by atoms with Gasteiger partial charge in [-0.25, -0.2) is 0 Å². The van der Waals surface area contributed by atoms with Crippen molar-refractivity contribution in [2.45, 2.75) is 26.7 Å². The molecule has 0 saturated carbocycles. The van der Waals surface area contributed by atoms with Crippen molar-refractivity contribution in [1.29, 1.82) is 0 Å². The van der Waals surface area contributed by atoms with Gasteiger partial charge in [-0.1, -0.05) is 13.8 Å². The molecule has 1 rings (SSSR count). The van der Waals surface area contributed by atoms with Crippen LogP contribution in [-0.4, -0.2) is 11.8 Å². The molecule has 3 nitrogen and oxygen atoms in total. The fraction of sp³-hybridized carbons (Fsp3) is 0.750. The van der Waals surface area contributed by atoms with Crippen molar-refractivity contribution in [2.24, 2.45) is 11.8 Å². The normalized spacial score (nSPS) is 30.7. The minimum Gasteiger partial charge on any atom is -0.296 e. The minimum atomic E-state index is -0.0932. The zero-order chi connectivity index (χ0) is 8.43. The van der Waals surface area contributed by atoms with Crippen LogP contribution in [0.15, 0.2) is 0 Å². The Balaban J connectivity index is 2.74. The van der Waals surface area contributed by atoms with Crippen molar-refractivity contribution in [3.63, 3.8) is 0 Å². The largest absolute Gasteiger partial charge is 0.296 e. The fourth-order valence-corrected chi connectivity index (χ4v) is 1.61. The molecule has 0 aromatic rings. The molecule has 62 valence electrons. The lowest BCUT2D eigenvalue weighted by Crippen LogP contribution is -2.22. The molecule has 1 N–H and O–H groups in total. The first-order chi connectivity index (χ1) is 5.20. The lowest BCUT2D eigenvalue weighted by atomic mass is 9.91. The molecule has 3 heteroatoms. The number of carbonyl (C=O) groups excluding carboxylic acids is 2. The van der Waals surface area contributed by atoms with Crippen LogP contribution in [0.3, 0.4) is 0 Å². The summed E-state index contributed by atoms with van der Waals surface area (Å²) in [4.78, 5) is 22.1. The Labute approximate surface area is 66.2 Å². The summed E-state index contributed by atoms with van der Waals surface area (Å²) in [5.41, 5.74) is 0. The molecule has 1 heterocycles. The molecular weight excluding hydrogens is 142 g/mol. The van der Waals surface area contributed by atoms with E-state index < -0.39 is 0 Å². The van der Waals surface area contributed by atoms with Crippen molar-refractivity contribution in [3.05, 3.63) is 0 Å². The Kier molecular flexibility index (Phi) is 2.27. The van der Waals surface area contributed by atoms with Gasteiger partial charge in [-0.05, 0) is 12.8 Å². The van der Waals surface area contributed by atoms with Crippen molar-refractivity contribution in [3.8, 4) is 0 Å². The molecule has 0 spiro atoms. The van der Waals surface area contributed by atoms with Crippen molar-refractivity contribution in [2.75, 3.05) is 0 Å². The highest BCUT2D eigenvalue weighted by atomic mass is 16.2. The van der Waals surface area contributed by atoms with E-state index in [1.807, 2.05) is 13.8 Å². The number of hydrogen-bond acceptors (Lipinski definition) is 2. The van der Waals surface area contributed by atoms with Gasteiger partial charge < -0.3 is 0 Å². The molecule has 1 saturated heterocycles. The van der Waals surface area contributed by atoms with E-state index in [4.69, 9.17) is 0 Å². The summed E-state index contributed by atoms with van der Waals surface area (Å²) in [6.07, 6.45) is 1.52. The van der Waals surface area contributed by atoms with Gasteiger partial charge >= 0.3 is 0 Å². The third-order valence-electron chi connectivity index (χ3n) is 2.29. The molecule has 0 aromatic carbocycles. The third-order valence-corrected chi connectivity index (χ3v) is 2.29. The second-order valence-corrected chi connectivity index (χ2v) is 2.88. The van der Waals surface area contributed by atoms with Gasteiger partial charge in [0.15, 0.2) is 0 Å². The molecule has 0 radical (unpaired) electrons. The predicted octanol–water partition coefficient (Wildman–Crippen LogP) is 0.695.